The molecule has 214 valence electrons. The van der Waals surface area contributed by atoms with Crippen molar-refractivity contribution in [3.05, 3.63) is 72.1 Å². The minimum atomic E-state index is -0.704. The number of carbonyl (C=O) groups excluding carboxylic acids is 2. The summed E-state index contributed by atoms with van der Waals surface area (Å²) in [7, 11) is 0. The smallest absolute Gasteiger partial charge is 0.323 e. The Morgan fingerprint density at radius 2 is 1.78 bits per heavy atom. The minimum absolute atomic E-state index is 0.00175. The van der Waals surface area contributed by atoms with E-state index in [4.69, 9.17) is 17.0 Å². The zero-order valence-electron chi connectivity index (χ0n) is 22.1. The number of nitrogens with zero attached hydrogens (tertiary/aromatic N) is 4. The molecule has 2 fully saturated rings. The monoisotopic (exact) mass is 581 g/mol. The van der Waals surface area contributed by atoms with E-state index in [9.17, 15) is 18.4 Å². The van der Waals surface area contributed by atoms with Crippen LogP contribution in [-0.4, -0.2) is 69.0 Å². The van der Waals surface area contributed by atoms with E-state index in [2.05, 4.69) is 30.8 Å². The molecular weight excluding hydrogens is 552 g/mol. The number of carbonyl (C=O) groups is 2. The Kier molecular flexibility index (Phi) is 8.95. The first-order valence-electron chi connectivity index (χ1n) is 13.3. The number of hydrogen-bond donors (Lipinski definition) is 3. The van der Waals surface area contributed by atoms with Crippen molar-refractivity contribution < 1.29 is 23.1 Å². The van der Waals surface area contributed by atoms with Crippen molar-refractivity contribution in [2.45, 2.75) is 31.7 Å². The van der Waals surface area contributed by atoms with Gasteiger partial charge in [0.05, 0.1) is 6.42 Å². The standard InChI is InChI=1S/C28H29F2N7O3S/c29-19-5-3-18(4-6-19)13-25(38)35-27(41)33-20-7-8-23(22(30)14-20)40-26-15-24(31-17-32-26)34-28(39)37-12-9-21(16-37)36-10-1-2-11-36/h3-8,14-15,17,21H,1-2,9-13,16H2,(H,31,32,34,39)(H2,33,35,38,41)/t21-/m0/s1. The molecule has 2 aliphatic rings. The first kappa shape index (κ1) is 28.3. The van der Waals surface area contributed by atoms with Crippen LogP contribution in [0.15, 0.2) is 54.9 Å². The zero-order chi connectivity index (χ0) is 28.8. The molecule has 0 radical (unpaired) electrons. The number of anilines is 2. The van der Waals surface area contributed by atoms with Gasteiger partial charge in [0.2, 0.25) is 11.8 Å². The molecule has 2 aliphatic heterocycles. The van der Waals surface area contributed by atoms with Gasteiger partial charge in [-0.1, -0.05) is 12.1 Å². The van der Waals surface area contributed by atoms with Crippen LogP contribution in [0.5, 0.6) is 11.6 Å². The summed E-state index contributed by atoms with van der Waals surface area (Å²) >= 11 is 5.14. The molecule has 0 aliphatic carbocycles. The fraction of sp³-hybridized carbons (Fsp3) is 0.321. The molecular formula is C28H29F2N7O3S. The summed E-state index contributed by atoms with van der Waals surface area (Å²) in [6.07, 6.45) is 4.59. The topological polar surface area (TPSA) is 112 Å². The van der Waals surface area contributed by atoms with Gasteiger partial charge in [-0.3, -0.25) is 15.0 Å². The van der Waals surface area contributed by atoms with E-state index in [0.29, 0.717) is 24.7 Å². The number of nitrogens with one attached hydrogen (secondary N) is 3. The maximum absolute atomic E-state index is 14.8. The van der Waals surface area contributed by atoms with Gasteiger partial charge in [0, 0.05) is 37.0 Å². The Morgan fingerprint density at radius 1 is 1.00 bits per heavy atom. The van der Waals surface area contributed by atoms with E-state index >= 15 is 0 Å². The lowest BCUT2D eigenvalue weighted by Crippen LogP contribution is -2.38. The summed E-state index contributed by atoms with van der Waals surface area (Å²) in [5.41, 5.74) is 0.907. The average Bonchev–Trinajstić information content (AvgIpc) is 3.64. The number of hydrogen-bond acceptors (Lipinski definition) is 7. The van der Waals surface area contributed by atoms with Crippen LogP contribution in [0.25, 0.3) is 0 Å². The number of aromatic nitrogens is 2. The van der Waals surface area contributed by atoms with Crippen LogP contribution in [0.1, 0.15) is 24.8 Å². The summed E-state index contributed by atoms with van der Waals surface area (Å²) in [6.45, 7) is 3.52. The van der Waals surface area contributed by atoms with E-state index in [-0.39, 0.29) is 40.7 Å². The van der Waals surface area contributed by atoms with Gasteiger partial charge in [-0.2, -0.15) is 0 Å². The number of benzene rings is 2. The molecule has 1 aromatic heterocycles. The van der Waals surface area contributed by atoms with E-state index in [0.717, 1.165) is 25.6 Å². The quantitative estimate of drug-likeness (QED) is 0.354. The normalized spacial score (nSPS) is 16.8. The molecule has 0 spiro atoms. The Balaban J connectivity index is 1.12. The van der Waals surface area contributed by atoms with Crippen LogP contribution in [0.2, 0.25) is 0 Å². The highest BCUT2D eigenvalue weighted by Crippen LogP contribution is 2.27. The number of rotatable bonds is 7. The predicted octanol–water partition coefficient (Wildman–Crippen LogP) is 4.30. The molecule has 3 amide bonds. The molecule has 3 aromatic rings. The fourth-order valence-electron chi connectivity index (χ4n) is 4.88. The highest BCUT2D eigenvalue weighted by Gasteiger charge is 2.31. The number of urea groups is 1. The third kappa shape index (κ3) is 7.70. The Hall–Kier alpha value is -4.23. The molecule has 1 atom stereocenters. The zero-order valence-corrected chi connectivity index (χ0v) is 22.9. The van der Waals surface area contributed by atoms with Gasteiger partial charge in [0.1, 0.15) is 18.0 Å². The van der Waals surface area contributed by atoms with Gasteiger partial charge in [-0.05, 0) is 74.4 Å². The van der Waals surface area contributed by atoms with Gasteiger partial charge >= 0.3 is 6.03 Å². The summed E-state index contributed by atoms with van der Waals surface area (Å²) in [5.74, 6) is -1.32. The second-order valence-electron chi connectivity index (χ2n) is 9.86. The fourth-order valence-corrected chi connectivity index (χ4v) is 5.11. The molecule has 0 saturated carbocycles. The van der Waals surface area contributed by atoms with Crippen LogP contribution >= 0.6 is 12.2 Å². The minimum Gasteiger partial charge on any atom is -0.436 e. The largest absolute Gasteiger partial charge is 0.436 e. The summed E-state index contributed by atoms with van der Waals surface area (Å²) in [4.78, 5) is 37.3. The van der Waals surface area contributed by atoms with Gasteiger partial charge in [0.25, 0.3) is 0 Å². The second-order valence-corrected chi connectivity index (χ2v) is 10.3. The van der Waals surface area contributed by atoms with E-state index in [1.165, 1.54) is 61.6 Å². The molecule has 0 bridgehead atoms. The summed E-state index contributed by atoms with van der Waals surface area (Å²) in [6, 6.07) is 11.2. The Bertz CT molecular complexity index is 1420. The molecule has 10 nitrogen and oxygen atoms in total. The maximum atomic E-state index is 14.8. The average molecular weight is 582 g/mol. The van der Waals surface area contributed by atoms with E-state index in [1.54, 1.807) is 4.90 Å². The van der Waals surface area contributed by atoms with Crippen LogP contribution in [-0.2, 0) is 11.2 Å². The SMILES string of the molecule is O=C(Cc1ccc(F)cc1)NC(=S)Nc1ccc(Oc2cc(NC(=O)N3CC[C@H](N4CCCC4)C3)ncn2)c(F)c1. The van der Waals surface area contributed by atoms with Gasteiger partial charge < -0.3 is 20.3 Å². The lowest BCUT2D eigenvalue weighted by molar-refractivity contribution is -0.119. The van der Waals surface area contributed by atoms with E-state index < -0.39 is 17.5 Å². The van der Waals surface area contributed by atoms with Crippen molar-refractivity contribution in [3.63, 3.8) is 0 Å². The third-order valence-electron chi connectivity index (χ3n) is 6.92. The van der Waals surface area contributed by atoms with Gasteiger partial charge in [-0.25, -0.2) is 23.5 Å². The number of likely N-dealkylation sites (tertiary alicyclic amines) is 2. The third-order valence-corrected chi connectivity index (χ3v) is 7.12. The molecule has 13 heteroatoms. The van der Waals surface area contributed by atoms with Crippen molar-refractivity contribution in [3.8, 4) is 11.6 Å². The molecule has 2 aromatic carbocycles. The van der Waals surface area contributed by atoms with Crippen LogP contribution in [0.3, 0.4) is 0 Å². The summed E-state index contributed by atoms with van der Waals surface area (Å²) < 4.78 is 33.4. The number of halogens is 2. The van der Waals surface area contributed by atoms with Crippen molar-refractivity contribution in [1.29, 1.82) is 0 Å². The van der Waals surface area contributed by atoms with Crippen LogP contribution < -0.4 is 20.7 Å². The molecule has 41 heavy (non-hydrogen) atoms. The number of amides is 3. The lowest BCUT2D eigenvalue weighted by atomic mass is 10.1. The Morgan fingerprint density at radius 3 is 2.54 bits per heavy atom. The van der Waals surface area contributed by atoms with Crippen molar-refractivity contribution >= 4 is 40.8 Å². The van der Waals surface area contributed by atoms with E-state index in [1.807, 2.05) is 0 Å². The maximum Gasteiger partial charge on any atom is 0.323 e. The van der Waals surface area contributed by atoms with Crippen molar-refractivity contribution in [2.24, 2.45) is 0 Å². The number of ether oxygens (including phenoxy) is 1. The molecule has 0 unspecified atom stereocenters. The van der Waals surface area contributed by atoms with Gasteiger partial charge in [-0.15, -0.1) is 0 Å². The molecule has 3 N–H and O–H groups in total. The molecule has 5 rings (SSSR count). The first-order chi connectivity index (χ1) is 19.8. The van der Waals surface area contributed by atoms with Crippen molar-refractivity contribution in [1.82, 2.24) is 25.1 Å². The van der Waals surface area contributed by atoms with Crippen molar-refractivity contribution in [2.75, 3.05) is 36.8 Å². The van der Waals surface area contributed by atoms with Gasteiger partial charge in [0.15, 0.2) is 16.7 Å². The predicted molar refractivity (Wildman–Crippen MR) is 153 cm³/mol. The summed E-state index contributed by atoms with van der Waals surface area (Å²) in [5, 5.41) is 7.99. The Labute approximate surface area is 241 Å². The highest BCUT2D eigenvalue weighted by atomic mass is 32.1. The molecule has 2 saturated heterocycles. The highest BCUT2D eigenvalue weighted by molar-refractivity contribution is 7.80. The second kappa shape index (κ2) is 13.0. The number of thiocarbonyl (C=S) groups is 1. The van der Waals surface area contributed by atoms with Crippen LogP contribution in [0.4, 0.5) is 25.1 Å². The van der Waals surface area contributed by atoms with Crippen LogP contribution in [0, 0.1) is 11.6 Å². The lowest BCUT2D eigenvalue weighted by Gasteiger charge is -2.23. The molecule has 3 heterocycles. The first-order valence-corrected chi connectivity index (χ1v) is 13.7.